The largest absolute Gasteiger partial charge is 0.353 e. The number of fused-ring (bicyclic) bond motifs is 3. The molecule has 0 aromatic carbocycles. The second-order valence-corrected chi connectivity index (χ2v) is 8.11. The molecule has 1 saturated heterocycles. The Labute approximate surface area is 159 Å². The molecule has 0 unspecified atom stereocenters. The van der Waals surface area contributed by atoms with Crippen LogP contribution in [0.5, 0.6) is 0 Å². The van der Waals surface area contributed by atoms with Crippen molar-refractivity contribution in [1.82, 2.24) is 24.4 Å². The second kappa shape index (κ2) is 6.79. The fourth-order valence-electron chi connectivity index (χ4n) is 4.11. The summed E-state index contributed by atoms with van der Waals surface area (Å²) in [7, 11) is 0. The van der Waals surface area contributed by atoms with Crippen LogP contribution in [0.4, 0.5) is 14.6 Å². The van der Waals surface area contributed by atoms with Crippen molar-refractivity contribution < 1.29 is 8.78 Å². The summed E-state index contributed by atoms with van der Waals surface area (Å²) in [6.07, 6.45) is 7.93. The summed E-state index contributed by atoms with van der Waals surface area (Å²) in [6.45, 7) is 1.15. The van der Waals surface area contributed by atoms with Gasteiger partial charge in [-0.3, -0.25) is 9.47 Å². The molecule has 0 N–H and O–H groups in total. The van der Waals surface area contributed by atoms with Crippen molar-refractivity contribution in [2.75, 3.05) is 31.1 Å². The maximum Gasteiger partial charge on any atom is 0.319 e. The van der Waals surface area contributed by atoms with E-state index in [1.54, 1.807) is 17.7 Å². The van der Waals surface area contributed by atoms with Crippen molar-refractivity contribution in [3.8, 4) is 0 Å². The highest BCUT2D eigenvalue weighted by atomic mass is 32.1. The Balaban J connectivity index is 1.32. The number of halogens is 2. The first-order chi connectivity index (χ1) is 13.2. The van der Waals surface area contributed by atoms with E-state index in [9.17, 15) is 8.78 Å². The zero-order valence-electron chi connectivity index (χ0n) is 14.8. The Kier molecular flexibility index (Phi) is 4.28. The van der Waals surface area contributed by atoms with Crippen LogP contribution < -0.4 is 4.90 Å². The SMILES string of the molecule is FC(F)n1ccnc1CN1CCN(c2ncnc3sc4c(c23)CCC4)CC1. The number of piperazine rings is 1. The van der Waals surface area contributed by atoms with Gasteiger partial charge in [0.1, 0.15) is 22.8 Å². The molecule has 1 fully saturated rings. The number of aromatic nitrogens is 4. The molecule has 3 aromatic heterocycles. The van der Waals surface area contributed by atoms with Crippen LogP contribution in [0.2, 0.25) is 0 Å². The molecule has 142 valence electrons. The Morgan fingerprint density at radius 3 is 2.74 bits per heavy atom. The molecule has 0 saturated carbocycles. The Morgan fingerprint density at radius 2 is 1.93 bits per heavy atom. The number of hydrogen-bond donors (Lipinski definition) is 0. The molecule has 0 bridgehead atoms. The van der Waals surface area contributed by atoms with Crippen LogP contribution in [0.3, 0.4) is 0 Å². The maximum absolute atomic E-state index is 13.0. The summed E-state index contributed by atoms with van der Waals surface area (Å²) in [6, 6.07) is 0. The minimum Gasteiger partial charge on any atom is -0.353 e. The van der Waals surface area contributed by atoms with Crippen LogP contribution in [-0.4, -0.2) is 50.6 Å². The van der Waals surface area contributed by atoms with Crippen LogP contribution in [-0.2, 0) is 19.4 Å². The third kappa shape index (κ3) is 2.98. The third-order valence-electron chi connectivity index (χ3n) is 5.48. The van der Waals surface area contributed by atoms with Crippen LogP contribution in [0.1, 0.15) is 29.2 Å². The predicted octanol–water partition coefficient (Wildman–Crippen LogP) is 3.09. The third-order valence-corrected chi connectivity index (χ3v) is 6.68. The summed E-state index contributed by atoms with van der Waals surface area (Å²) < 4.78 is 27.0. The van der Waals surface area contributed by atoms with Crippen molar-refractivity contribution in [3.05, 3.63) is 35.0 Å². The van der Waals surface area contributed by atoms with Gasteiger partial charge in [-0.15, -0.1) is 11.3 Å². The fourth-order valence-corrected chi connectivity index (χ4v) is 5.34. The lowest BCUT2D eigenvalue weighted by Crippen LogP contribution is -2.46. The van der Waals surface area contributed by atoms with Gasteiger partial charge >= 0.3 is 6.55 Å². The smallest absolute Gasteiger partial charge is 0.319 e. The average Bonchev–Trinajstić information content (AvgIpc) is 3.37. The van der Waals surface area contributed by atoms with Gasteiger partial charge in [0.15, 0.2) is 0 Å². The summed E-state index contributed by atoms with van der Waals surface area (Å²) in [5, 5.41) is 1.23. The van der Waals surface area contributed by atoms with E-state index in [0.717, 1.165) is 54.2 Å². The summed E-state index contributed by atoms with van der Waals surface area (Å²) in [5.74, 6) is 1.45. The number of imidazole rings is 1. The zero-order chi connectivity index (χ0) is 18.4. The van der Waals surface area contributed by atoms with Crippen molar-refractivity contribution in [2.45, 2.75) is 32.4 Å². The quantitative estimate of drug-likeness (QED) is 0.685. The number of aryl methyl sites for hydroxylation is 2. The molecule has 9 heteroatoms. The lowest BCUT2D eigenvalue weighted by atomic mass is 10.1. The maximum atomic E-state index is 13.0. The van der Waals surface area contributed by atoms with E-state index < -0.39 is 6.55 Å². The molecule has 0 radical (unpaired) electrons. The monoisotopic (exact) mass is 390 g/mol. The first-order valence-corrected chi connectivity index (χ1v) is 10.0. The molecule has 2 aliphatic rings. The van der Waals surface area contributed by atoms with Gasteiger partial charge in [-0.2, -0.15) is 8.78 Å². The highest BCUT2D eigenvalue weighted by Crippen LogP contribution is 2.40. The molecule has 6 nitrogen and oxygen atoms in total. The first kappa shape index (κ1) is 17.0. The van der Waals surface area contributed by atoms with Gasteiger partial charge in [-0.25, -0.2) is 15.0 Å². The minimum atomic E-state index is -2.54. The van der Waals surface area contributed by atoms with Crippen molar-refractivity contribution in [1.29, 1.82) is 0 Å². The van der Waals surface area contributed by atoms with Crippen molar-refractivity contribution in [2.24, 2.45) is 0 Å². The number of thiophene rings is 1. The van der Waals surface area contributed by atoms with Gasteiger partial charge < -0.3 is 4.90 Å². The molecule has 5 rings (SSSR count). The predicted molar refractivity (Wildman–Crippen MR) is 100 cm³/mol. The number of anilines is 1. The summed E-state index contributed by atoms with van der Waals surface area (Å²) in [4.78, 5) is 20.2. The normalized spacial score (nSPS) is 18.0. The first-order valence-electron chi connectivity index (χ1n) is 9.23. The number of rotatable bonds is 4. The lowest BCUT2D eigenvalue weighted by molar-refractivity contribution is 0.0637. The zero-order valence-corrected chi connectivity index (χ0v) is 15.6. The summed E-state index contributed by atoms with van der Waals surface area (Å²) in [5.41, 5.74) is 1.44. The van der Waals surface area contributed by atoms with Crippen LogP contribution in [0.15, 0.2) is 18.7 Å². The van der Waals surface area contributed by atoms with E-state index in [1.165, 1.54) is 34.6 Å². The van der Waals surface area contributed by atoms with Crippen LogP contribution in [0, 0.1) is 0 Å². The molecule has 0 amide bonds. The van der Waals surface area contributed by atoms with Gasteiger partial charge in [-0.05, 0) is 24.8 Å². The highest BCUT2D eigenvalue weighted by Gasteiger charge is 2.26. The Bertz CT molecular complexity index is 960. The average molecular weight is 390 g/mol. The molecule has 0 spiro atoms. The van der Waals surface area contributed by atoms with E-state index in [-0.39, 0.29) is 0 Å². The minimum absolute atomic E-state index is 0.415. The molecule has 1 aliphatic heterocycles. The van der Waals surface area contributed by atoms with Gasteiger partial charge in [0.25, 0.3) is 0 Å². The Hall–Kier alpha value is -2.13. The second-order valence-electron chi connectivity index (χ2n) is 7.03. The summed E-state index contributed by atoms with van der Waals surface area (Å²) >= 11 is 1.80. The van der Waals surface area contributed by atoms with E-state index >= 15 is 0 Å². The van der Waals surface area contributed by atoms with Crippen LogP contribution in [0.25, 0.3) is 10.2 Å². The van der Waals surface area contributed by atoms with Crippen molar-refractivity contribution >= 4 is 27.4 Å². The molecular formula is C18H20F2N6S. The molecule has 4 heterocycles. The highest BCUT2D eigenvalue weighted by molar-refractivity contribution is 7.19. The van der Waals surface area contributed by atoms with Crippen LogP contribution >= 0.6 is 11.3 Å². The molecule has 0 atom stereocenters. The molecule has 1 aliphatic carbocycles. The van der Waals surface area contributed by atoms with Gasteiger partial charge in [-0.1, -0.05) is 0 Å². The van der Waals surface area contributed by atoms with E-state index in [4.69, 9.17) is 0 Å². The Morgan fingerprint density at radius 1 is 1.07 bits per heavy atom. The molecule has 27 heavy (non-hydrogen) atoms. The topological polar surface area (TPSA) is 50.1 Å². The van der Waals surface area contributed by atoms with Crippen molar-refractivity contribution in [3.63, 3.8) is 0 Å². The van der Waals surface area contributed by atoms with Gasteiger partial charge in [0, 0.05) is 43.4 Å². The fraction of sp³-hybridized carbons (Fsp3) is 0.500. The molecular weight excluding hydrogens is 370 g/mol. The number of alkyl halides is 2. The van der Waals surface area contributed by atoms with Gasteiger partial charge in [0.2, 0.25) is 0 Å². The number of nitrogens with zero attached hydrogens (tertiary/aromatic N) is 6. The molecule has 3 aromatic rings. The standard InChI is InChI=1S/C18H20F2N6S/c19-18(20)26-5-4-21-14(26)10-24-6-8-25(9-7-24)16-15-12-2-1-3-13(12)27-17(15)23-11-22-16/h4-5,11,18H,1-3,6-10H2. The van der Waals surface area contributed by atoms with Gasteiger partial charge in [0.05, 0.1) is 11.9 Å². The van der Waals surface area contributed by atoms with E-state index in [0.29, 0.717) is 12.4 Å². The number of hydrogen-bond acceptors (Lipinski definition) is 6. The van der Waals surface area contributed by atoms with E-state index in [1.807, 2.05) is 0 Å². The van der Waals surface area contributed by atoms with E-state index in [2.05, 4.69) is 24.8 Å². The lowest BCUT2D eigenvalue weighted by Gasteiger charge is -2.35.